The van der Waals surface area contributed by atoms with Crippen molar-refractivity contribution < 1.29 is 13.9 Å². The third kappa shape index (κ3) is 4.17. The lowest BCUT2D eigenvalue weighted by molar-refractivity contribution is -0.137. The van der Waals surface area contributed by atoms with Gasteiger partial charge in [0.05, 0.1) is 11.7 Å². The van der Waals surface area contributed by atoms with Crippen LogP contribution in [-0.2, 0) is 11.3 Å². The SMILES string of the molecule is CN1CCC2(CCN(Cc3coc4cc(Oc5ccc(/C(N)=C/C=N)cn5)ccc34)CC2)C1=O. The molecule has 2 fully saturated rings. The summed E-state index contributed by atoms with van der Waals surface area (Å²) in [7, 11) is 1.91. The summed E-state index contributed by atoms with van der Waals surface area (Å²) in [6, 6.07) is 9.35. The van der Waals surface area contributed by atoms with E-state index in [1.54, 1.807) is 18.3 Å². The standard InChI is InChI=1S/C26H29N5O3/c1-30-11-7-26(25(30)32)8-12-31(13-9-26)16-19-17-33-23-14-20(3-4-21(19)23)34-24-5-2-18(15-29-24)22(28)6-10-27/h2-6,10,14-15,17,27H,7-9,11-13,16,28H2,1H3/b22-6-,27-10?. The summed E-state index contributed by atoms with van der Waals surface area (Å²) in [5.74, 6) is 1.41. The molecule has 5 rings (SSSR count). The van der Waals surface area contributed by atoms with E-state index in [9.17, 15) is 4.79 Å². The summed E-state index contributed by atoms with van der Waals surface area (Å²) in [4.78, 5) is 21.2. The van der Waals surface area contributed by atoms with E-state index in [1.165, 1.54) is 6.08 Å². The van der Waals surface area contributed by atoms with Gasteiger partial charge >= 0.3 is 0 Å². The van der Waals surface area contributed by atoms with Crippen molar-refractivity contribution >= 4 is 28.8 Å². The highest BCUT2D eigenvalue weighted by atomic mass is 16.5. The minimum atomic E-state index is -0.135. The van der Waals surface area contributed by atoms with Crippen LogP contribution in [0.2, 0.25) is 0 Å². The molecule has 1 amide bonds. The molecule has 4 heterocycles. The number of carbonyl (C=O) groups is 1. The molecule has 0 saturated carbocycles. The van der Waals surface area contributed by atoms with Gasteiger partial charge in [-0.2, -0.15) is 0 Å². The maximum absolute atomic E-state index is 12.6. The van der Waals surface area contributed by atoms with Crippen LogP contribution in [0.3, 0.4) is 0 Å². The predicted octanol–water partition coefficient (Wildman–Crippen LogP) is 4.01. The van der Waals surface area contributed by atoms with Crippen molar-refractivity contribution in [1.82, 2.24) is 14.8 Å². The van der Waals surface area contributed by atoms with Gasteiger partial charge in [-0.15, -0.1) is 0 Å². The highest BCUT2D eigenvalue weighted by molar-refractivity contribution is 5.85. The van der Waals surface area contributed by atoms with E-state index in [-0.39, 0.29) is 5.41 Å². The van der Waals surface area contributed by atoms with E-state index in [1.807, 2.05) is 36.4 Å². The number of ether oxygens (including phenoxy) is 1. The molecule has 2 aromatic heterocycles. The normalized spacial score (nSPS) is 18.7. The number of nitrogens with one attached hydrogen (secondary N) is 1. The second kappa shape index (κ2) is 8.95. The third-order valence-corrected chi connectivity index (χ3v) is 7.12. The van der Waals surface area contributed by atoms with Crippen LogP contribution in [0, 0.1) is 10.8 Å². The molecule has 1 aromatic carbocycles. The number of pyridine rings is 1. The maximum atomic E-state index is 12.6. The Labute approximate surface area is 198 Å². The monoisotopic (exact) mass is 459 g/mol. The Morgan fingerprint density at radius 1 is 1.24 bits per heavy atom. The lowest BCUT2D eigenvalue weighted by Crippen LogP contribution is -2.43. The third-order valence-electron chi connectivity index (χ3n) is 7.12. The first-order chi connectivity index (χ1) is 16.5. The van der Waals surface area contributed by atoms with E-state index < -0.39 is 0 Å². The Kier molecular flexibility index (Phi) is 5.83. The second-order valence-electron chi connectivity index (χ2n) is 9.23. The Morgan fingerprint density at radius 2 is 2.03 bits per heavy atom. The number of furan rings is 1. The molecule has 0 unspecified atom stereocenters. The summed E-state index contributed by atoms with van der Waals surface area (Å²) < 4.78 is 11.7. The van der Waals surface area contributed by atoms with E-state index in [2.05, 4.69) is 9.88 Å². The van der Waals surface area contributed by atoms with Crippen molar-refractivity contribution in [3.05, 3.63) is 60.0 Å². The minimum Gasteiger partial charge on any atom is -0.464 e. The van der Waals surface area contributed by atoms with Gasteiger partial charge in [-0.05, 0) is 56.6 Å². The molecule has 176 valence electrons. The van der Waals surface area contributed by atoms with Gasteiger partial charge in [0.1, 0.15) is 11.3 Å². The van der Waals surface area contributed by atoms with Gasteiger partial charge < -0.3 is 25.2 Å². The van der Waals surface area contributed by atoms with Crippen molar-refractivity contribution in [3.8, 4) is 11.6 Å². The summed E-state index contributed by atoms with van der Waals surface area (Å²) >= 11 is 0. The molecule has 8 nitrogen and oxygen atoms in total. The van der Waals surface area contributed by atoms with Crippen LogP contribution < -0.4 is 10.5 Å². The second-order valence-corrected chi connectivity index (χ2v) is 9.23. The fourth-order valence-electron chi connectivity index (χ4n) is 5.01. The average molecular weight is 460 g/mol. The van der Waals surface area contributed by atoms with Crippen LogP contribution in [0.15, 0.2) is 53.3 Å². The molecule has 0 bridgehead atoms. The lowest BCUT2D eigenvalue weighted by Gasteiger charge is -2.37. The fraction of sp³-hybridized carbons (Fsp3) is 0.346. The fourth-order valence-corrected chi connectivity index (χ4v) is 5.01. The van der Waals surface area contributed by atoms with Gasteiger partial charge in [0, 0.05) is 66.9 Å². The quantitative estimate of drug-likeness (QED) is 0.539. The average Bonchev–Trinajstić information content (AvgIpc) is 3.37. The molecule has 2 aliphatic rings. The summed E-state index contributed by atoms with van der Waals surface area (Å²) in [5.41, 5.74) is 8.86. The number of likely N-dealkylation sites (tertiary alicyclic amines) is 2. The van der Waals surface area contributed by atoms with Crippen molar-refractivity contribution in [3.63, 3.8) is 0 Å². The van der Waals surface area contributed by atoms with Crippen LogP contribution in [0.25, 0.3) is 16.7 Å². The first-order valence-corrected chi connectivity index (χ1v) is 11.6. The molecule has 8 heteroatoms. The zero-order valence-electron chi connectivity index (χ0n) is 19.3. The van der Waals surface area contributed by atoms with Crippen LogP contribution in [0.5, 0.6) is 11.6 Å². The van der Waals surface area contributed by atoms with Gasteiger partial charge in [-0.1, -0.05) is 0 Å². The van der Waals surface area contributed by atoms with Gasteiger partial charge in [0.2, 0.25) is 11.8 Å². The van der Waals surface area contributed by atoms with E-state index >= 15 is 0 Å². The molecule has 1 spiro atoms. The largest absolute Gasteiger partial charge is 0.464 e. The first kappa shape index (κ1) is 22.2. The Balaban J connectivity index is 1.23. The van der Waals surface area contributed by atoms with Crippen LogP contribution >= 0.6 is 0 Å². The van der Waals surface area contributed by atoms with Crippen LogP contribution in [0.4, 0.5) is 0 Å². The maximum Gasteiger partial charge on any atom is 0.228 e. The number of rotatable bonds is 6. The number of nitrogens with two attached hydrogens (primary N) is 1. The summed E-state index contributed by atoms with van der Waals surface area (Å²) in [6.45, 7) is 3.54. The molecule has 3 aromatic rings. The van der Waals surface area contributed by atoms with Gasteiger partial charge in [-0.3, -0.25) is 9.69 Å². The van der Waals surface area contributed by atoms with E-state index in [0.717, 1.165) is 73.8 Å². The smallest absolute Gasteiger partial charge is 0.228 e. The van der Waals surface area contributed by atoms with Crippen molar-refractivity contribution in [1.29, 1.82) is 5.41 Å². The molecule has 2 saturated heterocycles. The Bertz CT molecular complexity index is 1240. The number of fused-ring (bicyclic) bond motifs is 1. The Hall–Kier alpha value is -3.65. The van der Waals surface area contributed by atoms with Crippen molar-refractivity contribution in [2.24, 2.45) is 11.1 Å². The van der Waals surface area contributed by atoms with Gasteiger partial charge in [0.25, 0.3) is 0 Å². The number of allylic oxidation sites excluding steroid dienone is 1. The Morgan fingerprint density at radius 3 is 2.71 bits per heavy atom. The molecule has 0 radical (unpaired) electrons. The molecular weight excluding hydrogens is 430 g/mol. The van der Waals surface area contributed by atoms with Crippen LogP contribution in [-0.4, -0.2) is 53.6 Å². The number of nitrogens with zero attached hydrogens (tertiary/aromatic N) is 3. The topological polar surface area (TPSA) is 109 Å². The summed E-state index contributed by atoms with van der Waals surface area (Å²) in [5, 5.41) is 8.18. The van der Waals surface area contributed by atoms with E-state index in [0.29, 0.717) is 23.2 Å². The molecular formula is C26H29N5O3. The van der Waals surface area contributed by atoms with E-state index in [4.69, 9.17) is 20.3 Å². The number of hydrogen-bond donors (Lipinski definition) is 2. The number of carbonyl (C=O) groups excluding carboxylic acids is 1. The molecule has 0 atom stereocenters. The van der Waals surface area contributed by atoms with Crippen LogP contribution in [0.1, 0.15) is 30.4 Å². The molecule has 34 heavy (non-hydrogen) atoms. The summed E-state index contributed by atoms with van der Waals surface area (Å²) in [6.07, 6.45) is 8.93. The zero-order valence-corrected chi connectivity index (χ0v) is 19.3. The highest BCUT2D eigenvalue weighted by Gasteiger charge is 2.46. The lowest BCUT2D eigenvalue weighted by atomic mass is 9.77. The minimum absolute atomic E-state index is 0.135. The highest BCUT2D eigenvalue weighted by Crippen LogP contribution is 2.41. The predicted molar refractivity (Wildman–Crippen MR) is 131 cm³/mol. The number of amides is 1. The molecule has 3 N–H and O–H groups in total. The van der Waals surface area contributed by atoms with Crippen molar-refractivity contribution in [2.75, 3.05) is 26.7 Å². The first-order valence-electron chi connectivity index (χ1n) is 11.6. The van der Waals surface area contributed by atoms with Crippen molar-refractivity contribution in [2.45, 2.75) is 25.8 Å². The van der Waals surface area contributed by atoms with Gasteiger partial charge in [-0.25, -0.2) is 4.98 Å². The molecule has 2 aliphatic heterocycles. The molecule has 0 aliphatic carbocycles. The number of aromatic nitrogens is 1. The van der Waals surface area contributed by atoms with Gasteiger partial charge in [0.15, 0.2) is 0 Å². The number of piperidine rings is 1. The zero-order chi connectivity index (χ0) is 23.7. The number of benzene rings is 1. The number of hydrogen-bond acceptors (Lipinski definition) is 7.